The van der Waals surface area contributed by atoms with Gasteiger partial charge in [-0.15, -0.1) is 0 Å². The molecule has 2 aliphatic rings. The molecular formula is C11H14N5O5P. The normalized spacial score (nSPS) is 38.3. The number of hydrogen-bond donors (Lipinski definition) is 3. The molecule has 10 nitrogen and oxygen atoms in total. The van der Waals surface area contributed by atoms with Crippen molar-refractivity contribution in [3.8, 4) is 0 Å². The fourth-order valence-corrected chi connectivity index (χ4v) is 4.20. The lowest BCUT2D eigenvalue weighted by atomic mass is 10.1. The zero-order valence-electron chi connectivity index (χ0n) is 11.3. The number of fused-ring (bicyclic) bond motifs is 2. The van der Waals surface area contributed by atoms with E-state index in [1.54, 1.807) is 4.57 Å². The summed E-state index contributed by atoms with van der Waals surface area (Å²) in [5.74, 6) is 0.0824. The van der Waals surface area contributed by atoms with Crippen LogP contribution in [0.5, 0.6) is 0 Å². The number of rotatable bonds is 1. The van der Waals surface area contributed by atoms with Gasteiger partial charge in [0.25, 0.3) is 0 Å². The number of nitrogens with two attached hydrogens (primary N) is 1. The van der Waals surface area contributed by atoms with Crippen LogP contribution < -0.4 is 5.73 Å². The number of nitrogens with zero attached hydrogens (tertiary/aromatic N) is 4. The molecule has 3 heterocycles. The minimum absolute atomic E-state index is 0.0652. The maximum absolute atomic E-state index is 11.5. The molecule has 4 N–H and O–H groups in total. The van der Waals surface area contributed by atoms with Crippen LogP contribution in [-0.4, -0.2) is 48.3 Å². The average Bonchev–Trinajstić information content (AvgIpc) is 3.01. The number of phosphoric ester groups is 1. The first kappa shape index (κ1) is 14.0. The average molecular weight is 327 g/mol. The van der Waals surface area contributed by atoms with Crippen LogP contribution in [0.4, 0.5) is 5.82 Å². The summed E-state index contributed by atoms with van der Waals surface area (Å²) in [6.07, 6.45) is 1.64. The Morgan fingerprint density at radius 1 is 1.41 bits per heavy atom. The maximum atomic E-state index is 11.5. The fraction of sp³-hybridized carbons (Fsp3) is 0.545. The molecule has 2 aromatic rings. The van der Waals surface area contributed by atoms with Crippen molar-refractivity contribution in [1.82, 2.24) is 19.5 Å². The molecule has 0 radical (unpaired) electrons. The summed E-state index contributed by atoms with van der Waals surface area (Å²) in [5.41, 5.74) is 6.71. The van der Waals surface area contributed by atoms with Gasteiger partial charge in [-0.3, -0.25) is 9.05 Å². The van der Waals surface area contributed by atoms with E-state index >= 15 is 0 Å². The molecule has 1 aliphatic heterocycles. The highest BCUT2D eigenvalue weighted by Crippen LogP contribution is 2.55. The Bertz CT molecular complexity index is 781. The van der Waals surface area contributed by atoms with Gasteiger partial charge in [0.2, 0.25) is 0 Å². The highest BCUT2D eigenvalue weighted by molar-refractivity contribution is 7.47. The fourth-order valence-electron chi connectivity index (χ4n) is 3.16. The molecule has 118 valence electrons. The molecule has 5 atom stereocenters. The molecule has 1 saturated carbocycles. The Hall–Kier alpha value is -1.58. The van der Waals surface area contributed by atoms with Crippen molar-refractivity contribution in [2.75, 3.05) is 12.3 Å². The van der Waals surface area contributed by atoms with Gasteiger partial charge in [0.15, 0.2) is 11.5 Å². The van der Waals surface area contributed by atoms with Gasteiger partial charge in [-0.05, 0) is 6.42 Å². The number of imidazole rings is 1. The van der Waals surface area contributed by atoms with Gasteiger partial charge in [-0.1, -0.05) is 0 Å². The summed E-state index contributed by atoms with van der Waals surface area (Å²) in [4.78, 5) is 21.6. The van der Waals surface area contributed by atoms with Crippen molar-refractivity contribution in [3.63, 3.8) is 0 Å². The number of phosphoric acid groups is 1. The van der Waals surface area contributed by atoms with Crippen LogP contribution in [0.3, 0.4) is 0 Å². The first-order valence-electron chi connectivity index (χ1n) is 6.73. The molecular weight excluding hydrogens is 313 g/mol. The van der Waals surface area contributed by atoms with Crippen molar-refractivity contribution in [1.29, 1.82) is 0 Å². The third-order valence-corrected chi connectivity index (χ3v) is 5.18. The van der Waals surface area contributed by atoms with E-state index in [0.29, 0.717) is 17.6 Å². The van der Waals surface area contributed by atoms with E-state index < -0.39 is 26.1 Å². The summed E-state index contributed by atoms with van der Waals surface area (Å²) in [5, 5.41) is 10.5. The summed E-state index contributed by atoms with van der Waals surface area (Å²) in [7, 11) is -4.08. The minimum Gasteiger partial charge on any atom is -0.388 e. The van der Waals surface area contributed by atoms with E-state index in [4.69, 9.17) is 14.8 Å². The molecule has 2 aromatic heterocycles. The van der Waals surface area contributed by atoms with Gasteiger partial charge < -0.3 is 20.3 Å². The zero-order valence-corrected chi connectivity index (χ0v) is 12.2. The van der Waals surface area contributed by atoms with Gasteiger partial charge in [0.05, 0.1) is 19.0 Å². The summed E-state index contributed by atoms with van der Waals surface area (Å²) in [6.45, 7) is 0.0652. The van der Waals surface area contributed by atoms with Crippen molar-refractivity contribution in [2.45, 2.75) is 24.7 Å². The Kier molecular flexibility index (Phi) is 3.00. The lowest BCUT2D eigenvalue weighted by Crippen LogP contribution is -2.35. The molecule has 22 heavy (non-hydrogen) atoms. The zero-order chi connectivity index (χ0) is 15.5. The smallest absolute Gasteiger partial charge is 0.388 e. The van der Waals surface area contributed by atoms with E-state index in [1.807, 2.05) is 0 Å². The predicted octanol–water partition coefficient (Wildman–Crippen LogP) is -0.154. The highest BCUT2D eigenvalue weighted by Gasteiger charge is 2.51. The van der Waals surface area contributed by atoms with Crippen LogP contribution in [0.25, 0.3) is 11.2 Å². The van der Waals surface area contributed by atoms with Gasteiger partial charge in [0, 0.05) is 5.92 Å². The summed E-state index contributed by atoms with van der Waals surface area (Å²) in [6, 6.07) is -0.393. The molecule has 11 heteroatoms. The van der Waals surface area contributed by atoms with Crippen LogP contribution in [0.15, 0.2) is 12.7 Å². The molecule has 5 unspecified atom stereocenters. The maximum Gasteiger partial charge on any atom is 0.472 e. The SMILES string of the molecule is Nc1ncnc2c1ncn2C1CC2COP(=O)(O)OC2C1O. The Morgan fingerprint density at radius 2 is 2.23 bits per heavy atom. The molecule has 0 aromatic carbocycles. The largest absolute Gasteiger partial charge is 0.472 e. The molecule has 2 fully saturated rings. The first-order chi connectivity index (χ1) is 10.5. The number of aliphatic hydroxyl groups is 1. The van der Waals surface area contributed by atoms with Crippen LogP contribution >= 0.6 is 7.82 Å². The van der Waals surface area contributed by atoms with Crippen LogP contribution in [-0.2, 0) is 13.6 Å². The van der Waals surface area contributed by atoms with Gasteiger partial charge in [0.1, 0.15) is 24.1 Å². The van der Waals surface area contributed by atoms with Crippen molar-refractivity contribution >= 4 is 24.8 Å². The van der Waals surface area contributed by atoms with E-state index in [9.17, 15) is 14.6 Å². The lowest BCUT2D eigenvalue weighted by Gasteiger charge is -2.29. The minimum atomic E-state index is -4.08. The molecule has 0 spiro atoms. The number of nitrogen functional groups attached to an aromatic ring is 1. The third-order valence-electron chi connectivity index (χ3n) is 4.19. The molecule has 4 rings (SSSR count). The van der Waals surface area contributed by atoms with E-state index in [0.717, 1.165) is 0 Å². The molecule has 0 bridgehead atoms. The quantitative estimate of drug-likeness (QED) is 0.608. The number of anilines is 1. The number of aromatic nitrogens is 4. The van der Waals surface area contributed by atoms with Crippen molar-refractivity contribution in [2.24, 2.45) is 5.92 Å². The van der Waals surface area contributed by atoms with Crippen LogP contribution in [0.1, 0.15) is 12.5 Å². The predicted molar refractivity (Wildman–Crippen MR) is 73.5 cm³/mol. The van der Waals surface area contributed by atoms with Crippen LogP contribution in [0, 0.1) is 5.92 Å². The molecule has 1 aliphatic carbocycles. The Morgan fingerprint density at radius 3 is 3.05 bits per heavy atom. The molecule has 0 amide bonds. The number of aliphatic hydroxyl groups excluding tert-OH is 1. The van der Waals surface area contributed by atoms with Crippen molar-refractivity contribution in [3.05, 3.63) is 12.7 Å². The summed E-state index contributed by atoms with van der Waals surface area (Å²) >= 11 is 0. The second-order valence-corrected chi connectivity index (χ2v) is 6.88. The standard InChI is InChI=1S/C11H14N5O5P/c12-10-7-11(14-3-13-10)16(4-15-7)6-1-5-2-20-22(18,19)21-9(5)8(6)17/h3-6,8-9,17H,1-2H2,(H,18,19)(H2,12,13,14). The second-order valence-electron chi connectivity index (χ2n) is 5.47. The number of hydrogen-bond acceptors (Lipinski definition) is 8. The van der Waals surface area contributed by atoms with E-state index in [-0.39, 0.29) is 18.3 Å². The Balaban J connectivity index is 1.71. The topological polar surface area (TPSA) is 146 Å². The highest BCUT2D eigenvalue weighted by atomic mass is 31.2. The summed E-state index contributed by atoms with van der Waals surface area (Å²) < 4.78 is 23.0. The first-order valence-corrected chi connectivity index (χ1v) is 8.22. The molecule has 1 saturated heterocycles. The van der Waals surface area contributed by atoms with Gasteiger partial charge in [-0.2, -0.15) is 0 Å². The van der Waals surface area contributed by atoms with E-state index in [2.05, 4.69) is 15.0 Å². The van der Waals surface area contributed by atoms with Gasteiger partial charge >= 0.3 is 7.82 Å². The van der Waals surface area contributed by atoms with Crippen molar-refractivity contribution < 1.29 is 23.6 Å². The second kappa shape index (κ2) is 4.71. The lowest BCUT2D eigenvalue weighted by molar-refractivity contribution is -0.0378. The van der Waals surface area contributed by atoms with Crippen LogP contribution in [0.2, 0.25) is 0 Å². The van der Waals surface area contributed by atoms with E-state index in [1.165, 1.54) is 12.7 Å². The monoisotopic (exact) mass is 327 g/mol. The Labute approximate surface area is 124 Å². The third kappa shape index (κ3) is 2.03. The van der Waals surface area contributed by atoms with Gasteiger partial charge in [-0.25, -0.2) is 19.5 Å².